The molecule has 2 heterocycles. The zero-order chi connectivity index (χ0) is 20.9. The number of hydrogen-bond donors (Lipinski definition) is 2. The van der Waals surface area contributed by atoms with Gasteiger partial charge in [0.15, 0.2) is 0 Å². The van der Waals surface area contributed by atoms with Crippen LogP contribution in [-0.2, 0) is 16.0 Å². The topological polar surface area (TPSA) is 96.5 Å². The fraction of sp³-hybridized carbons (Fsp3) is 0.429. The van der Waals surface area contributed by atoms with Crippen LogP contribution in [0.4, 0.5) is 10.5 Å². The minimum Gasteiger partial charge on any atom is -0.444 e. The van der Waals surface area contributed by atoms with Gasteiger partial charge in [-0.05, 0) is 44.5 Å². The second-order valence-electron chi connectivity index (χ2n) is 8.10. The van der Waals surface area contributed by atoms with Gasteiger partial charge in [-0.1, -0.05) is 18.2 Å². The minimum absolute atomic E-state index is 0.0289. The number of carbonyl (C=O) groups excluding carboxylic acids is 2. The van der Waals surface area contributed by atoms with Crippen LogP contribution in [0.15, 0.2) is 48.8 Å². The maximum atomic E-state index is 12.9. The fourth-order valence-corrected chi connectivity index (χ4v) is 3.05. The number of nitrogens with zero attached hydrogens (tertiary/aromatic N) is 3. The van der Waals surface area contributed by atoms with Crippen molar-refractivity contribution in [1.29, 1.82) is 0 Å². The summed E-state index contributed by atoms with van der Waals surface area (Å²) in [6.07, 6.45) is 2.81. The molecular weight excluding hydrogens is 370 g/mol. The average molecular weight is 397 g/mol. The quantitative estimate of drug-likeness (QED) is 0.773. The molecule has 2 amide bonds. The lowest BCUT2D eigenvalue weighted by Gasteiger charge is -2.41. The van der Waals surface area contributed by atoms with Crippen molar-refractivity contribution in [2.45, 2.75) is 44.9 Å². The van der Waals surface area contributed by atoms with Gasteiger partial charge in [0.1, 0.15) is 11.6 Å². The van der Waals surface area contributed by atoms with Crippen LogP contribution >= 0.6 is 0 Å². The molecule has 1 unspecified atom stereocenters. The van der Waals surface area contributed by atoms with Crippen LogP contribution < -0.4 is 15.5 Å². The van der Waals surface area contributed by atoms with Crippen molar-refractivity contribution in [2.75, 3.05) is 18.0 Å². The number of amides is 2. The number of anilines is 1. The van der Waals surface area contributed by atoms with E-state index in [2.05, 4.69) is 25.7 Å². The van der Waals surface area contributed by atoms with Gasteiger partial charge in [-0.2, -0.15) is 10.2 Å². The Kier molecular flexibility index (Phi) is 6.31. The van der Waals surface area contributed by atoms with E-state index in [9.17, 15) is 9.59 Å². The number of hydrogen-bond acceptors (Lipinski definition) is 6. The average Bonchev–Trinajstić information content (AvgIpc) is 2.63. The van der Waals surface area contributed by atoms with Gasteiger partial charge in [-0.15, -0.1) is 0 Å². The molecular formula is C21H27N5O3. The van der Waals surface area contributed by atoms with Crippen molar-refractivity contribution in [3.05, 3.63) is 54.4 Å². The molecule has 1 saturated heterocycles. The lowest BCUT2D eigenvalue weighted by atomic mass is 10.0. The van der Waals surface area contributed by atoms with Crippen molar-refractivity contribution in [3.8, 4) is 0 Å². The van der Waals surface area contributed by atoms with Crippen molar-refractivity contribution in [2.24, 2.45) is 0 Å². The van der Waals surface area contributed by atoms with Crippen LogP contribution in [-0.4, -0.2) is 53.0 Å². The van der Waals surface area contributed by atoms with Crippen LogP contribution in [0.2, 0.25) is 0 Å². The van der Waals surface area contributed by atoms with Crippen LogP contribution in [0.1, 0.15) is 26.3 Å². The normalized spacial score (nSPS) is 15.2. The minimum atomic E-state index is -0.764. The summed E-state index contributed by atoms with van der Waals surface area (Å²) in [4.78, 5) is 27.3. The van der Waals surface area contributed by atoms with Crippen molar-refractivity contribution in [3.63, 3.8) is 0 Å². The summed E-state index contributed by atoms with van der Waals surface area (Å²) in [6.45, 7) is 6.79. The first-order chi connectivity index (χ1) is 13.8. The van der Waals surface area contributed by atoms with Gasteiger partial charge in [0.05, 0.1) is 12.2 Å². The number of ether oxygens (including phenoxy) is 1. The molecule has 0 radical (unpaired) electrons. The second-order valence-corrected chi connectivity index (χ2v) is 8.10. The highest BCUT2D eigenvalue weighted by Crippen LogP contribution is 2.20. The summed E-state index contributed by atoms with van der Waals surface area (Å²) in [5, 5.41) is 13.3. The Morgan fingerprint density at radius 3 is 2.52 bits per heavy atom. The van der Waals surface area contributed by atoms with E-state index in [0.29, 0.717) is 6.42 Å². The Balaban J connectivity index is 1.59. The van der Waals surface area contributed by atoms with E-state index >= 15 is 0 Å². The highest BCUT2D eigenvalue weighted by Gasteiger charge is 2.31. The Morgan fingerprint density at radius 1 is 1.17 bits per heavy atom. The van der Waals surface area contributed by atoms with Gasteiger partial charge < -0.3 is 20.3 Å². The zero-order valence-corrected chi connectivity index (χ0v) is 17.0. The third-order valence-corrected chi connectivity index (χ3v) is 4.44. The molecule has 29 heavy (non-hydrogen) atoms. The highest BCUT2D eigenvalue weighted by molar-refractivity contribution is 5.86. The first-order valence-electron chi connectivity index (χ1n) is 9.65. The number of rotatable bonds is 6. The Morgan fingerprint density at radius 2 is 1.90 bits per heavy atom. The molecule has 3 rings (SSSR count). The number of benzene rings is 1. The molecule has 1 aliphatic rings. The Labute approximate surface area is 170 Å². The number of nitrogens with one attached hydrogen (secondary N) is 2. The number of carbonyl (C=O) groups is 2. The summed E-state index contributed by atoms with van der Waals surface area (Å²) in [6, 6.07) is 11.1. The molecule has 1 aromatic carbocycles. The standard InChI is InChI=1S/C21H27N5O3/c1-21(2,3)29-20(28)25-18(11-15-9-10-22-23-12-15)19(27)24-16-13-26(14-16)17-7-5-4-6-8-17/h4-10,12,16,18H,11,13-14H2,1-3H3,(H,24,27)(H,25,28). The molecule has 1 atom stereocenters. The third kappa shape index (κ3) is 6.17. The predicted molar refractivity (Wildman–Crippen MR) is 109 cm³/mol. The van der Waals surface area contributed by atoms with Crippen molar-refractivity contribution in [1.82, 2.24) is 20.8 Å². The number of para-hydroxylation sites is 1. The van der Waals surface area contributed by atoms with E-state index in [1.54, 1.807) is 39.2 Å². The smallest absolute Gasteiger partial charge is 0.408 e. The van der Waals surface area contributed by atoms with Crippen LogP contribution in [0, 0.1) is 0 Å². The van der Waals surface area contributed by atoms with Gasteiger partial charge in [0, 0.05) is 31.4 Å². The van der Waals surface area contributed by atoms with Crippen LogP contribution in [0.5, 0.6) is 0 Å². The van der Waals surface area contributed by atoms with Gasteiger partial charge in [-0.3, -0.25) is 4.79 Å². The van der Waals surface area contributed by atoms with E-state index in [1.165, 1.54) is 0 Å². The second kappa shape index (κ2) is 8.89. The van der Waals surface area contributed by atoms with E-state index in [4.69, 9.17) is 4.74 Å². The van der Waals surface area contributed by atoms with E-state index < -0.39 is 17.7 Å². The fourth-order valence-electron chi connectivity index (χ4n) is 3.05. The molecule has 2 N–H and O–H groups in total. The van der Waals surface area contributed by atoms with Crippen molar-refractivity contribution >= 4 is 17.7 Å². The molecule has 8 nitrogen and oxygen atoms in total. The van der Waals surface area contributed by atoms with Gasteiger partial charge in [0.2, 0.25) is 5.91 Å². The summed E-state index contributed by atoms with van der Waals surface area (Å²) in [7, 11) is 0. The maximum absolute atomic E-state index is 12.9. The lowest BCUT2D eigenvalue weighted by molar-refractivity contribution is -0.124. The Hall–Kier alpha value is -3.16. The SMILES string of the molecule is CC(C)(C)OC(=O)NC(Cc1ccnnc1)C(=O)NC1CN(c2ccccc2)C1. The molecule has 0 bridgehead atoms. The molecule has 1 aromatic heterocycles. The molecule has 8 heteroatoms. The van der Waals surface area contributed by atoms with Crippen molar-refractivity contribution < 1.29 is 14.3 Å². The van der Waals surface area contributed by atoms with E-state index in [1.807, 2.05) is 30.3 Å². The van der Waals surface area contributed by atoms with E-state index in [-0.39, 0.29) is 11.9 Å². The third-order valence-electron chi connectivity index (χ3n) is 4.44. The molecule has 0 spiro atoms. The predicted octanol–water partition coefficient (Wildman–Crippen LogP) is 1.92. The zero-order valence-electron chi connectivity index (χ0n) is 17.0. The summed E-state index contributed by atoms with van der Waals surface area (Å²) >= 11 is 0. The lowest BCUT2D eigenvalue weighted by Crippen LogP contribution is -2.62. The largest absolute Gasteiger partial charge is 0.444 e. The van der Waals surface area contributed by atoms with Crippen LogP contribution in [0.25, 0.3) is 0 Å². The summed E-state index contributed by atoms with van der Waals surface area (Å²) in [5.41, 5.74) is 1.29. The van der Waals surface area contributed by atoms with Gasteiger partial charge >= 0.3 is 6.09 Å². The molecule has 1 fully saturated rings. The number of aromatic nitrogens is 2. The molecule has 0 aliphatic carbocycles. The first kappa shape index (κ1) is 20.6. The maximum Gasteiger partial charge on any atom is 0.408 e. The highest BCUT2D eigenvalue weighted by atomic mass is 16.6. The molecule has 154 valence electrons. The number of alkyl carbamates (subject to hydrolysis) is 1. The van der Waals surface area contributed by atoms with E-state index in [0.717, 1.165) is 24.3 Å². The molecule has 0 saturated carbocycles. The Bertz CT molecular complexity index is 817. The summed E-state index contributed by atoms with van der Waals surface area (Å²) in [5.74, 6) is -0.245. The molecule has 1 aliphatic heterocycles. The molecule has 2 aromatic rings. The van der Waals surface area contributed by atoms with Gasteiger partial charge in [0.25, 0.3) is 0 Å². The monoisotopic (exact) mass is 397 g/mol. The van der Waals surface area contributed by atoms with Gasteiger partial charge in [-0.25, -0.2) is 4.79 Å². The summed E-state index contributed by atoms with van der Waals surface area (Å²) < 4.78 is 5.31. The van der Waals surface area contributed by atoms with Crippen LogP contribution in [0.3, 0.4) is 0 Å². The first-order valence-corrected chi connectivity index (χ1v) is 9.65.